The molecule has 0 unspecified atom stereocenters. The average Bonchev–Trinajstić information content (AvgIpc) is 2.99. The highest BCUT2D eigenvalue weighted by Gasteiger charge is 2.24. The summed E-state index contributed by atoms with van der Waals surface area (Å²) in [7, 11) is 0. The van der Waals surface area contributed by atoms with E-state index in [-0.39, 0.29) is 5.91 Å². The van der Waals surface area contributed by atoms with E-state index in [9.17, 15) is 4.79 Å². The fourth-order valence-corrected chi connectivity index (χ4v) is 3.24. The topological polar surface area (TPSA) is 70.1 Å². The third-order valence-corrected chi connectivity index (χ3v) is 4.60. The first-order valence-electron chi connectivity index (χ1n) is 7.32. The number of nitrogens with one attached hydrogen (secondary N) is 2. The molecule has 0 saturated carbocycles. The fourth-order valence-electron chi connectivity index (χ4n) is 2.42. The molecular formula is C17H18N4OS. The van der Waals surface area contributed by atoms with Crippen molar-refractivity contribution in [1.82, 2.24) is 15.5 Å². The quantitative estimate of drug-likeness (QED) is 0.829. The second-order valence-corrected chi connectivity index (χ2v) is 6.65. The molecule has 3 rings (SSSR count). The van der Waals surface area contributed by atoms with Gasteiger partial charge in [0, 0.05) is 11.3 Å². The van der Waals surface area contributed by atoms with Gasteiger partial charge >= 0.3 is 0 Å². The number of aromatic nitrogens is 2. The largest absolute Gasteiger partial charge is 0.300 e. The molecule has 1 fully saturated rings. The van der Waals surface area contributed by atoms with Crippen LogP contribution in [-0.2, 0) is 4.79 Å². The first-order valence-corrected chi connectivity index (χ1v) is 8.14. The van der Waals surface area contributed by atoms with E-state index < -0.39 is 0 Å². The molecule has 0 aliphatic carbocycles. The van der Waals surface area contributed by atoms with E-state index in [0.29, 0.717) is 10.1 Å². The molecule has 6 heteroatoms. The van der Waals surface area contributed by atoms with Gasteiger partial charge in [-0.3, -0.25) is 9.89 Å². The Morgan fingerprint density at radius 3 is 2.65 bits per heavy atom. The van der Waals surface area contributed by atoms with Gasteiger partial charge in [-0.15, -0.1) is 0 Å². The van der Waals surface area contributed by atoms with Crippen molar-refractivity contribution in [2.75, 3.05) is 0 Å². The Balaban J connectivity index is 1.89. The number of aryl methyl sites for hydroxylation is 4. The van der Waals surface area contributed by atoms with Crippen LogP contribution in [0, 0.1) is 27.7 Å². The molecule has 1 aromatic carbocycles. The predicted octanol–water partition coefficient (Wildman–Crippen LogP) is 3.53. The van der Waals surface area contributed by atoms with Gasteiger partial charge in [-0.25, -0.2) is 4.99 Å². The van der Waals surface area contributed by atoms with Gasteiger partial charge in [-0.1, -0.05) is 17.7 Å². The predicted molar refractivity (Wildman–Crippen MR) is 94.8 cm³/mol. The Hall–Kier alpha value is -2.34. The molecule has 1 saturated heterocycles. The number of hydrogen-bond donors (Lipinski definition) is 2. The number of H-pyrrole nitrogens is 1. The van der Waals surface area contributed by atoms with Crippen LogP contribution in [0.5, 0.6) is 0 Å². The number of aliphatic imine (C=N–C) groups is 1. The van der Waals surface area contributed by atoms with E-state index in [2.05, 4.69) is 26.6 Å². The number of amidine groups is 1. The Bertz CT molecular complexity index is 829. The maximum absolute atomic E-state index is 12.2. The third kappa shape index (κ3) is 3.22. The van der Waals surface area contributed by atoms with Crippen molar-refractivity contribution >= 4 is 34.6 Å². The molecule has 2 heterocycles. The van der Waals surface area contributed by atoms with E-state index in [1.165, 1.54) is 17.3 Å². The number of hydrogen-bond acceptors (Lipinski definition) is 4. The van der Waals surface area contributed by atoms with Crippen LogP contribution in [0.25, 0.3) is 6.08 Å². The second-order valence-electron chi connectivity index (χ2n) is 5.62. The van der Waals surface area contributed by atoms with Crippen LogP contribution in [0.3, 0.4) is 0 Å². The zero-order valence-corrected chi connectivity index (χ0v) is 14.3. The average molecular weight is 326 g/mol. The molecule has 0 radical (unpaired) electrons. The minimum Gasteiger partial charge on any atom is -0.300 e. The Labute approximate surface area is 139 Å². The lowest BCUT2D eigenvalue weighted by atomic mass is 10.1. The minimum atomic E-state index is -0.126. The minimum absolute atomic E-state index is 0.126. The summed E-state index contributed by atoms with van der Waals surface area (Å²) in [4.78, 5) is 17.3. The zero-order valence-electron chi connectivity index (χ0n) is 13.5. The number of amides is 1. The maximum atomic E-state index is 12.2. The number of thioether (sulfide) groups is 1. The van der Waals surface area contributed by atoms with Gasteiger partial charge in [0.1, 0.15) is 0 Å². The van der Waals surface area contributed by atoms with Crippen molar-refractivity contribution in [2.45, 2.75) is 27.7 Å². The van der Waals surface area contributed by atoms with Crippen LogP contribution in [0.2, 0.25) is 0 Å². The van der Waals surface area contributed by atoms with E-state index in [0.717, 1.165) is 28.2 Å². The molecule has 2 aromatic rings. The molecule has 118 valence electrons. The van der Waals surface area contributed by atoms with E-state index >= 15 is 0 Å². The fraction of sp³-hybridized carbons (Fsp3) is 0.235. The smallest absolute Gasteiger partial charge is 0.264 e. The van der Waals surface area contributed by atoms with Gasteiger partial charge in [0.2, 0.25) is 0 Å². The number of carbonyl (C=O) groups is 1. The zero-order chi connectivity index (χ0) is 16.6. The first kappa shape index (κ1) is 15.6. The Morgan fingerprint density at radius 2 is 2.00 bits per heavy atom. The summed E-state index contributed by atoms with van der Waals surface area (Å²) in [5.41, 5.74) is 5.93. The summed E-state index contributed by atoms with van der Waals surface area (Å²) in [5.74, 6) is -0.126. The third-order valence-electron chi connectivity index (χ3n) is 3.69. The summed E-state index contributed by atoms with van der Waals surface area (Å²) in [5, 5.41) is 10.5. The molecule has 1 amide bonds. The molecule has 5 nitrogen and oxygen atoms in total. The van der Waals surface area contributed by atoms with Crippen LogP contribution in [0.1, 0.15) is 28.1 Å². The normalized spacial score (nSPS) is 18.0. The summed E-state index contributed by atoms with van der Waals surface area (Å²) in [6.45, 7) is 7.92. The van der Waals surface area contributed by atoms with Gasteiger partial charge in [-0.2, -0.15) is 5.10 Å². The van der Waals surface area contributed by atoms with E-state index in [1.807, 2.05) is 45.9 Å². The SMILES string of the molecule is Cc1ccc(N=C2NC(=O)C(=Cc3c(C)n[nH]c3C)S2)c(C)c1. The lowest BCUT2D eigenvalue weighted by Gasteiger charge is -2.02. The highest BCUT2D eigenvalue weighted by atomic mass is 32.2. The number of rotatable bonds is 2. The first-order chi connectivity index (χ1) is 10.9. The standard InChI is InChI=1S/C17H18N4OS/c1-9-5-6-14(10(2)7-9)18-17-19-16(22)15(23-17)8-13-11(3)20-21-12(13)4/h5-8H,1-4H3,(H,20,21)(H,18,19,22). The van der Waals surface area contributed by atoms with Crippen molar-refractivity contribution < 1.29 is 4.79 Å². The molecule has 0 atom stereocenters. The van der Waals surface area contributed by atoms with Crippen LogP contribution in [0.4, 0.5) is 5.69 Å². The molecule has 1 aliphatic heterocycles. The van der Waals surface area contributed by atoms with Gasteiger partial charge in [0.15, 0.2) is 5.17 Å². The lowest BCUT2D eigenvalue weighted by molar-refractivity contribution is -0.115. The summed E-state index contributed by atoms with van der Waals surface area (Å²) in [6, 6.07) is 6.06. The molecule has 23 heavy (non-hydrogen) atoms. The van der Waals surface area contributed by atoms with Crippen molar-refractivity contribution in [3.63, 3.8) is 0 Å². The molecule has 0 bridgehead atoms. The van der Waals surface area contributed by atoms with Crippen molar-refractivity contribution in [2.24, 2.45) is 4.99 Å². The van der Waals surface area contributed by atoms with Gasteiger partial charge in [-0.05, 0) is 57.2 Å². The van der Waals surface area contributed by atoms with Crippen LogP contribution in [0.15, 0.2) is 28.1 Å². The number of benzene rings is 1. The molecule has 1 aromatic heterocycles. The van der Waals surface area contributed by atoms with E-state index in [1.54, 1.807) is 0 Å². The van der Waals surface area contributed by atoms with Crippen molar-refractivity contribution in [3.8, 4) is 0 Å². The Morgan fingerprint density at radius 1 is 1.22 bits per heavy atom. The maximum Gasteiger partial charge on any atom is 0.264 e. The molecule has 2 N–H and O–H groups in total. The summed E-state index contributed by atoms with van der Waals surface area (Å²) < 4.78 is 0. The van der Waals surface area contributed by atoms with Crippen molar-refractivity contribution in [3.05, 3.63) is 51.2 Å². The van der Waals surface area contributed by atoms with Crippen LogP contribution in [-0.4, -0.2) is 21.3 Å². The monoisotopic (exact) mass is 326 g/mol. The number of nitrogens with zero attached hydrogens (tertiary/aromatic N) is 2. The molecule has 1 aliphatic rings. The highest BCUT2D eigenvalue weighted by molar-refractivity contribution is 8.18. The van der Waals surface area contributed by atoms with Gasteiger partial charge in [0.05, 0.1) is 16.3 Å². The van der Waals surface area contributed by atoms with Crippen LogP contribution >= 0.6 is 11.8 Å². The van der Waals surface area contributed by atoms with Crippen LogP contribution < -0.4 is 5.32 Å². The summed E-state index contributed by atoms with van der Waals surface area (Å²) >= 11 is 1.35. The molecular weight excluding hydrogens is 308 g/mol. The number of carbonyl (C=O) groups excluding carboxylic acids is 1. The van der Waals surface area contributed by atoms with Crippen molar-refractivity contribution in [1.29, 1.82) is 0 Å². The lowest BCUT2D eigenvalue weighted by Crippen LogP contribution is -2.19. The Kier molecular flexibility index (Phi) is 4.09. The van der Waals surface area contributed by atoms with Gasteiger partial charge in [0.25, 0.3) is 5.91 Å². The summed E-state index contributed by atoms with van der Waals surface area (Å²) in [6.07, 6.45) is 1.86. The van der Waals surface area contributed by atoms with E-state index in [4.69, 9.17) is 0 Å². The molecule has 0 spiro atoms. The second kappa shape index (κ2) is 6.04. The van der Waals surface area contributed by atoms with Gasteiger partial charge < -0.3 is 5.32 Å². The number of aromatic amines is 1. The highest BCUT2D eigenvalue weighted by Crippen LogP contribution is 2.30.